The zero-order chi connectivity index (χ0) is 20.0. The van der Waals surface area contributed by atoms with E-state index < -0.39 is 0 Å². The van der Waals surface area contributed by atoms with E-state index in [1.165, 1.54) is 16.7 Å². The van der Waals surface area contributed by atoms with Gasteiger partial charge in [-0.2, -0.15) is 0 Å². The summed E-state index contributed by atoms with van der Waals surface area (Å²) in [6, 6.07) is 18.9. The van der Waals surface area contributed by atoms with Crippen LogP contribution in [0, 0.1) is 13.8 Å². The van der Waals surface area contributed by atoms with E-state index in [-0.39, 0.29) is 0 Å². The van der Waals surface area contributed by atoms with Crippen molar-refractivity contribution in [2.75, 3.05) is 13.7 Å². The molecular formula is C25H38O. The topological polar surface area (TPSA) is 9.23 Å². The lowest BCUT2D eigenvalue weighted by Gasteiger charge is -1.94. The summed E-state index contributed by atoms with van der Waals surface area (Å²) >= 11 is 0. The van der Waals surface area contributed by atoms with Gasteiger partial charge in [-0.05, 0) is 46.6 Å². The first kappa shape index (κ1) is 26.1. The lowest BCUT2D eigenvalue weighted by atomic mass is 10.1. The van der Waals surface area contributed by atoms with E-state index in [1.54, 1.807) is 7.11 Å². The predicted octanol–water partition coefficient (Wildman–Crippen LogP) is 7.34. The second-order valence-electron chi connectivity index (χ2n) is 5.68. The van der Waals surface area contributed by atoms with Gasteiger partial charge in [0.15, 0.2) is 0 Å². The smallest absolute Gasteiger partial charge is 0.0643 e. The van der Waals surface area contributed by atoms with Crippen LogP contribution in [0.3, 0.4) is 0 Å². The van der Waals surface area contributed by atoms with Gasteiger partial charge in [-0.3, -0.25) is 0 Å². The van der Waals surface area contributed by atoms with Gasteiger partial charge >= 0.3 is 0 Å². The summed E-state index contributed by atoms with van der Waals surface area (Å²) in [6.45, 7) is 13.1. The van der Waals surface area contributed by atoms with E-state index in [0.29, 0.717) is 0 Å². The molecule has 0 heterocycles. The normalized spacial score (nSPS) is 9.50. The Morgan fingerprint density at radius 3 is 1.50 bits per heavy atom. The molecule has 0 atom stereocenters. The highest BCUT2D eigenvalue weighted by atomic mass is 16.5. The lowest BCUT2D eigenvalue weighted by molar-refractivity contribution is 0.234. The zero-order valence-corrected chi connectivity index (χ0v) is 17.8. The SMILES string of the molecule is C/C=C/C.C/C=C/COC.CCc1ccc(C)cc1.Cc1ccccc1. The average Bonchev–Trinajstić information content (AvgIpc) is 2.69. The average molecular weight is 355 g/mol. The Hall–Kier alpha value is -2.12. The van der Waals surface area contributed by atoms with Gasteiger partial charge in [0, 0.05) is 7.11 Å². The fourth-order valence-corrected chi connectivity index (χ4v) is 1.55. The molecule has 26 heavy (non-hydrogen) atoms. The Bertz CT molecular complexity index is 546. The fraction of sp³-hybridized carbons (Fsp3) is 0.360. The Morgan fingerprint density at radius 1 is 0.731 bits per heavy atom. The van der Waals surface area contributed by atoms with Crippen molar-refractivity contribution in [1.82, 2.24) is 0 Å². The number of aryl methyl sites for hydroxylation is 3. The molecular weight excluding hydrogens is 316 g/mol. The lowest BCUT2D eigenvalue weighted by Crippen LogP contribution is -1.77. The van der Waals surface area contributed by atoms with Crippen molar-refractivity contribution in [3.63, 3.8) is 0 Å². The molecule has 144 valence electrons. The number of hydrogen-bond donors (Lipinski definition) is 0. The highest BCUT2D eigenvalue weighted by molar-refractivity contribution is 5.20. The summed E-state index contributed by atoms with van der Waals surface area (Å²) in [5.74, 6) is 0. The minimum atomic E-state index is 0.733. The van der Waals surface area contributed by atoms with Crippen molar-refractivity contribution in [3.8, 4) is 0 Å². The Balaban J connectivity index is 0. The summed E-state index contributed by atoms with van der Waals surface area (Å²) < 4.78 is 4.70. The third-order valence-electron chi connectivity index (χ3n) is 3.30. The second-order valence-corrected chi connectivity index (χ2v) is 5.68. The van der Waals surface area contributed by atoms with Gasteiger partial charge in [0.1, 0.15) is 0 Å². The molecule has 1 nitrogen and oxygen atoms in total. The third kappa shape index (κ3) is 19.9. The molecule has 0 aliphatic carbocycles. The van der Waals surface area contributed by atoms with Crippen LogP contribution in [0.2, 0.25) is 0 Å². The van der Waals surface area contributed by atoms with E-state index in [9.17, 15) is 0 Å². The highest BCUT2D eigenvalue weighted by Crippen LogP contribution is 2.02. The summed E-state index contributed by atoms with van der Waals surface area (Å²) in [7, 11) is 1.68. The Morgan fingerprint density at radius 2 is 1.23 bits per heavy atom. The first-order valence-electron chi connectivity index (χ1n) is 9.30. The number of benzene rings is 2. The molecule has 0 fully saturated rings. The van der Waals surface area contributed by atoms with Crippen molar-refractivity contribution in [3.05, 3.63) is 95.6 Å². The van der Waals surface area contributed by atoms with E-state index in [0.717, 1.165) is 13.0 Å². The van der Waals surface area contributed by atoms with E-state index in [1.807, 2.05) is 63.3 Å². The first-order valence-corrected chi connectivity index (χ1v) is 9.30. The molecule has 2 aromatic rings. The number of hydrogen-bond acceptors (Lipinski definition) is 1. The van der Waals surface area contributed by atoms with E-state index >= 15 is 0 Å². The Labute approximate surface area is 162 Å². The van der Waals surface area contributed by atoms with Gasteiger partial charge in [0.2, 0.25) is 0 Å². The molecule has 0 aliphatic heterocycles. The molecule has 0 aliphatic rings. The van der Waals surface area contributed by atoms with Crippen LogP contribution >= 0.6 is 0 Å². The van der Waals surface area contributed by atoms with Crippen LogP contribution < -0.4 is 0 Å². The van der Waals surface area contributed by atoms with Crippen molar-refractivity contribution in [1.29, 1.82) is 0 Å². The van der Waals surface area contributed by atoms with Gasteiger partial charge < -0.3 is 4.74 Å². The summed E-state index contributed by atoms with van der Waals surface area (Å²) in [4.78, 5) is 0. The van der Waals surface area contributed by atoms with Crippen LogP contribution in [0.5, 0.6) is 0 Å². The molecule has 0 unspecified atom stereocenters. The minimum Gasteiger partial charge on any atom is -0.381 e. The van der Waals surface area contributed by atoms with Gasteiger partial charge in [0.05, 0.1) is 6.61 Å². The predicted molar refractivity (Wildman–Crippen MR) is 119 cm³/mol. The molecule has 0 amide bonds. The third-order valence-corrected chi connectivity index (χ3v) is 3.30. The molecule has 0 saturated carbocycles. The zero-order valence-electron chi connectivity index (χ0n) is 17.8. The van der Waals surface area contributed by atoms with Gasteiger partial charge in [-0.1, -0.05) is 97.0 Å². The number of ether oxygens (including phenoxy) is 1. The van der Waals surface area contributed by atoms with Gasteiger partial charge in [0.25, 0.3) is 0 Å². The fourth-order valence-electron chi connectivity index (χ4n) is 1.55. The number of allylic oxidation sites excluding steroid dienone is 3. The van der Waals surface area contributed by atoms with Crippen LogP contribution in [0.25, 0.3) is 0 Å². The van der Waals surface area contributed by atoms with E-state index in [2.05, 4.69) is 57.2 Å². The Kier molecular flexibility index (Phi) is 21.0. The van der Waals surface area contributed by atoms with E-state index in [4.69, 9.17) is 4.74 Å². The molecule has 0 radical (unpaired) electrons. The quantitative estimate of drug-likeness (QED) is 0.524. The van der Waals surface area contributed by atoms with Crippen molar-refractivity contribution in [2.45, 2.75) is 48.0 Å². The van der Waals surface area contributed by atoms with Crippen molar-refractivity contribution in [2.24, 2.45) is 0 Å². The van der Waals surface area contributed by atoms with Crippen LogP contribution in [0.15, 0.2) is 78.9 Å². The molecule has 0 N–H and O–H groups in total. The molecule has 0 saturated heterocycles. The molecule has 2 aromatic carbocycles. The molecule has 0 spiro atoms. The summed E-state index contributed by atoms with van der Waals surface area (Å²) in [5.41, 5.74) is 4.08. The summed E-state index contributed by atoms with van der Waals surface area (Å²) in [5, 5.41) is 0. The standard InChI is InChI=1S/C9H12.C7H8.C5H10O.C4H8/c1-3-9-6-4-8(2)5-7-9;1-7-5-3-2-4-6-7;1-3-4-5-6-2;1-3-4-2/h4-7H,3H2,1-2H3;2-6H,1H3;3-4H,5H2,1-2H3;3-4H,1-2H3/b;;2*4-3+. The largest absolute Gasteiger partial charge is 0.381 e. The monoisotopic (exact) mass is 354 g/mol. The molecule has 0 bridgehead atoms. The summed E-state index contributed by atoms with van der Waals surface area (Å²) in [6.07, 6.45) is 9.06. The second kappa shape index (κ2) is 20.9. The van der Waals surface area contributed by atoms with Gasteiger partial charge in [-0.15, -0.1) is 0 Å². The van der Waals surface area contributed by atoms with Crippen LogP contribution in [-0.2, 0) is 11.2 Å². The minimum absolute atomic E-state index is 0.733. The van der Waals surface area contributed by atoms with Crippen LogP contribution in [0.1, 0.15) is 44.4 Å². The molecule has 1 heteroatoms. The number of methoxy groups -OCH3 is 1. The van der Waals surface area contributed by atoms with Crippen LogP contribution in [-0.4, -0.2) is 13.7 Å². The molecule has 0 aromatic heterocycles. The maximum Gasteiger partial charge on any atom is 0.0643 e. The maximum absolute atomic E-state index is 4.70. The number of rotatable bonds is 3. The first-order chi connectivity index (χ1) is 12.5. The molecule has 2 rings (SSSR count). The highest BCUT2D eigenvalue weighted by Gasteiger charge is 1.84. The van der Waals surface area contributed by atoms with Crippen molar-refractivity contribution >= 4 is 0 Å². The van der Waals surface area contributed by atoms with Gasteiger partial charge in [-0.25, -0.2) is 0 Å². The van der Waals surface area contributed by atoms with Crippen molar-refractivity contribution < 1.29 is 4.74 Å². The van der Waals surface area contributed by atoms with Crippen LogP contribution in [0.4, 0.5) is 0 Å². The maximum atomic E-state index is 4.70.